The molecular weight excluding hydrogens is 560 g/mol. The van der Waals surface area contributed by atoms with Crippen molar-refractivity contribution >= 4 is 33.2 Å². The molecule has 2 unspecified atom stereocenters. The van der Waals surface area contributed by atoms with Gasteiger partial charge in [-0.3, -0.25) is 4.79 Å². The average Bonchev–Trinajstić information content (AvgIpc) is 2.93. The molecule has 3 heterocycles. The van der Waals surface area contributed by atoms with Crippen LogP contribution in [0, 0.1) is 17.8 Å². The van der Waals surface area contributed by atoms with Crippen molar-refractivity contribution in [2.75, 3.05) is 25.2 Å². The van der Waals surface area contributed by atoms with Gasteiger partial charge in [-0.25, -0.2) is 13.1 Å². The Balaban J connectivity index is 1.44. The van der Waals surface area contributed by atoms with Crippen molar-refractivity contribution in [1.29, 1.82) is 0 Å². The molecule has 0 saturated heterocycles. The van der Waals surface area contributed by atoms with E-state index < -0.39 is 21.2 Å². The molecule has 2 aromatic carbocycles. The second-order valence-electron chi connectivity index (χ2n) is 12.2. The number of ether oxygens (including phenoxy) is 2. The minimum absolute atomic E-state index is 0.0432. The molecule has 9 heteroatoms. The molecule has 7 nitrogen and oxygen atoms in total. The number of allylic oxidation sites excluding steroid dienone is 1. The van der Waals surface area contributed by atoms with E-state index in [4.69, 9.17) is 21.1 Å². The zero-order valence-electron chi connectivity index (χ0n) is 23.8. The summed E-state index contributed by atoms with van der Waals surface area (Å²) < 4.78 is 41.0. The first-order valence-electron chi connectivity index (χ1n) is 14.8. The molecule has 0 aromatic heterocycles. The Morgan fingerprint density at radius 3 is 2.68 bits per heavy atom. The number of carbonyl (C=O) groups is 1. The van der Waals surface area contributed by atoms with Gasteiger partial charge in [0, 0.05) is 30.8 Å². The maximum atomic E-state index is 13.3. The molecule has 2 aromatic rings. The predicted octanol–water partition coefficient (Wildman–Crippen LogP) is 5.90. The van der Waals surface area contributed by atoms with Crippen LogP contribution in [0.25, 0.3) is 0 Å². The Kier molecular flexibility index (Phi) is 8.09. The zero-order valence-corrected chi connectivity index (χ0v) is 25.3. The van der Waals surface area contributed by atoms with Crippen LogP contribution in [-0.4, -0.2) is 45.9 Å². The van der Waals surface area contributed by atoms with Gasteiger partial charge < -0.3 is 14.4 Å². The predicted molar refractivity (Wildman–Crippen MR) is 161 cm³/mol. The van der Waals surface area contributed by atoms with Crippen LogP contribution in [0.15, 0.2) is 48.0 Å². The fraction of sp³-hybridized carbons (Fsp3) is 0.531. The van der Waals surface area contributed by atoms with Gasteiger partial charge in [0.15, 0.2) is 0 Å². The molecule has 0 radical (unpaired) electrons. The van der Waals surface area contributed by atoms with Crippen molar-refractivity contribution < 1.29 is 22.7 Å². The second kappa shape index (κ2) is 11.6. The number of halogens is 1. The highest BCUT2D eigenvalue weighted by Crippen LogP contribution is 2.46. The van der Waals surface area contributed by atoms with Gasteiger partial charge in [-0.05, 0) is 117 Å². The first-order valence-corrected chi connectivity index (χ1v) is 16.7. The Hall–Kier alpha value is -2.55. The number of benzene rings is 2. The summed E-state index contributed by atoms with van der Waals surface area (Å²) in [7, 11) is -2.06. The molecule has 5 aliphatic rings. The van der Waals surface area contributed by atoms with E-state index in [1.165, 1.54) is 16.7 Å². The Bertz CT molecular complexity index is 1460. The van der Waals surface area contributed by atoms with Gasteiger partial charge in [-0.1, -0.05) is 23.7 Å². The summed E-state index contributed by atoms with van der Waals surface area (Å²) >= 11 is 6.41. The third kappa shape index (κ3) is 5.88. The summed E-state index contributed by atoms with van der Waals surface area (Å²) in [4.78, 5) is 15.6. The maximum Gasteiger partial charge on any atom is 0.264 e. The Morgan fingerprint density at radius 2 is 1.93 bits per heavy atom. The van der Waals surface area contributed by atoms with Crippen LogP contribution in [0.3, 0.4) is 0 Å². The van der Waals surface area contributed by atoms with E-state index in [-0.39, 0.29) is 12.0 Å². The molecule has 1 fully saturated rings. The van der Waals surface area contributed by atoms with E-state index >= 15 is 0 Å². The number of methoxy groups -OCH3 is 1. The van der Waals surface area contributed by atoms with Crippen molar-refractivity contribution in [1.82, 2.24) is 4.72 Å². The van der Waals surface area contributed by atoms with E-state index in [1.54, 1.807) is 26.2 Å². The van der Waals surface area contributed by atoms with E-state index in [9.17, 15) is 13.2 Å². The van der Waals surface area contributed by atoms with Gasteiger partial charge >= 0.3 is 0 Å². The van der Waals surface area contributed by atoms with Crippen LogP contribution in [-0.2, 0) is 27.7 Å². The number of sulfonamides is 1. The normalized spacial score (nSPS) is 29.6. The summed E-state index contributed by atoms with van der Waals surface area (Å²) in [6.45, 7) is 3.64. The lowest BCUT2D eigenvalue weighted by atomic mass is 9.65. The number of aryl methyl sites for hydroxylation is 1. The standard InChI is InChI=1S/C32H39ClN2O5S/c1-20-13-21-14-26(15-21)31(39-2)28-10-7-25(28)19-35-18-24-6-9-27(33)16-22(24)5-3-4-12-40-30-11-8-23(17-29(30)35)32(36)34-41(20,37)38/h6,8-9,11,14,16-17,20-21,25,28,31H,3-5,7,10,12-13,15,18-19H2,1-2H3,(H,34,36)/t20?,21?,25-,28+,31-/m0/s1. The monoisotopic (exact) mass is 598 g/mol. The number of hydrogen-bond donors (Lipinski definition) is 1. The lowest BCUT2D eigenvalue weighted by Crippen LogP contribution is -2.46. The van der Waals surface area contributed by atoms with Gasteiger partial charge in [0.25, 0.3) is 5.91 Å². The smallest absolute Gasteiger partial charge is 0.264 e. The van der Waals surface area contributed by atoms with Crippen molar-refractivity contribution in [3.05, 3.63) is 69.8 Å². The van der Waals surface area contributed by atoms with E-state index in [1.807, 2.05) is 12.1 Å². The largest absolute Gasteiger partial charge is 0.491 e. The molecule has 0 spiro atoms. The molecule has 7 rings (SSSR count). The van der Waals surface area contributed by atoms with Gasteiger partial charge in [0.1, 0.15) is 5.75 Å². The molecular formula is C32H39ClN2O5S. The van der Waals surface area contributed by atoms with Crippen LogP contribution in [0.4, 0.5) is 5.69 Å². The first kappa shape index (κ1) is 28.6. The number of hydrogen-bond acceptors (Lipinski definition) is 6. The highest BCUT2D eigenvalue weighted by molar-refractivity contribution is 7.90. The third-order valence-electron chi connectivity index (χ3n) is 9.48. The number of carbonyl (C=O) groups excluding carboxylic acids is 1. The second-order valence-corrected chi connectivity index (χ2v) is 14.7. The summed E-state index contributed by atoms with van der Waals surface area (Å²) in [6, 6.07) is 11.4. The van der Waals surface area contributed by atoms with Crippen LogP contribution in [0.5, 0.6) is 5.75 Å². The third-order valence-corrected chi connectivity index (χ3v) is 11.4. The molecule has 1 amide bonds. The van der Waals surface area contributed by atoms with Crippen molar-refractivity contribution in [2.24, 2.45) is 17.8 Å². The minimum Gasteiger partial charge on any atom is -0.491 e. The number of rotatable bonds is 1. The molecule has 1 saturated carbocycles. The fourth-order valence-corrected chi connectivity index (χ4v) is 8.22. The molecule has 220 valence electrons. The molecule has 41 heavy (non-hydrogen) atoms. The quantitative estimate of drug-likeness (QED) is 0.411. The number of nitrogens with one attached hydrogen (secondary N) is 1. The summed E-state index contributed by atoms with van der Waals surface area (Å²) in [5.41, 5.74) is 4.81. The highest BCUT2D eigenvalue weighted by atomic mass is 35.5. The summed E-state index contributed by atoms with van der Waals surface area (Å²) in [5, 5.41) is 0.0369. The molecule has 5 atom stereocenters. The SMILES string of the molecule is CO[C@H]1C2=CC(C2)CC(C)S(=O)(=O)NC(=O)c2ccc3c(c2)N(Cc2ccc(Cl)cc2CCCCO3)C[C@@H]2CC[C@H]21. The molecule has 1 N–H and O–H groups in total. The van der Waals surface area contributed by atoms with Gasteiger partial charge in [0.2, 0.25) is 10.0 Å². The van der Waals surface area contributed by atoms with E-state index in [0.717, 1.165) is 55.8 Å². The topological polar surface area (TPSA) is 84.9 Å². The summed E-state index contributed by atoms with van der Waals surface area (Å²) in [5.74, 6) is 1.07. The van der Waals surface area contributed by atoms with E-state index in [0.29, 0.717) is 42.7 Å². The lowest BCUT2D eigenvalue weighted by Gasteiger charge is -2.46. The van der Waals surface area contributed by atoms with Gasteiger partial charge in [-0.15, -0.1) is 0 Å². The van der Waals surface area contributed by atoms with Gasteiger partial charge in [0.05, 0.1) is 23.6 Å². The first-order chi connectivity index (χ1) is 19.7. The number of amides is 1. The van der Waals surface area contributed by atoms with Gasteiger partial charge in [-0.2, -0.15) is 0 Å². The number of nitrogens with zero attached hydrogens (tertiary/aromatic N) is 1. The minimum atomic E-state index is -3.85. The highest BCUT2D eigenvalue weighted by Gasteiger charge is 2.42. The Morgan fingerprint density at radius 1 is 1.10 bits per heavy atom. The van der Waals surface area contributed by atoms with Crippen LogP contribution >= 0.6 is 11.6 Å². The average molecular weight is 599 g/mol. The zero-order chi connectivity index (χ0) is 28.7. The van der Waals surface area contributed by atoms with Crippen LogP contribution in [0.1, 0.15) is 66.9 Å². The number of anilines is 1. The van der Waals surface area contributed by atoms with Crippen molar-refractivity contribution in [3.63, 3.8) is 0 Å². The molecule has 4 bridgehead atoms. The van der Waals surface area contributed by atoms with E-state index in [2.05, 4.69) is 27.8 Å². The fourth-order valence-electron chi connectivity index (χ4n) is 6.94. The maximum absolute atomic E-state index is 13.3. The number of fused-ring (bicyclic) bond motifs is 5. The van der Waals surface area contributed by atoms with Crippen LogP contribution < -0.4 is 14.4 Å². The van der Waals surface area contributed by atoms with Crippen LogP contribution in [0.2, 0.25) is 5.02 Å². The molecule has 3 aliphatic heterocycles. The lowest BCUT2D eigenvalue weighted by molar-refractivity contribution is 0.000579. The van der Waals surface area contributed by atoms with Crippen molar-refractivity contribution in [2.45, 2.75) is 69.8 Å². The van der Waals surface area contributed by atoms with Crippen molar-refractivity contribution in [3.8, 4) is 5.75 Å². The summed E-state index contributed by atoms with van der Waals surface area (Å²) in [6.07, 6.45) is 8.55. The Labute approximate surface area is 248 Å². The molecule has 2 aliphatic carbocycles.